The van der Waals surface area contributed by atoms with Crippen LogP contribution in [0.5, 0.6) is 0 Å². The Balaban J connectivity index is 2.19. The monoisotopic (exact) mass is 325 g/mol. The smallest absolute Gasteiger partial charge is 0.0863 e. The molecule has 1 nitrogen and oxygen atoms in total. The van der Waals surface area contributed by atoms with E-state index in [2.05, 4.69) is 22.0 Å². The molecule has 17 heavy (non-hydrogen) atoms. The SMILES string of the molecule is Clc1ccccc1-c1nc2c(cc1Br)SCC2. The standard InChI is InChI=1S/C13H9BrClNS/c14-9-7-12-11(5-6-17-12)16-13(9)8-3-1-2-4-10(8)15/h1-4,7H,5-6H2. The van der Waals surface area contributed by atoms with Gasteiger partial charge in [-0.05, 0) is 28.1 Å². The molecule has 0 N–H and O–H groups in total. The minimum Gasteiger partial charge on any atom is -0.250 e. The highest BCUT2D eigenvalue weighted by molar-refractivity contribution is 9.10. The maximum absolute atomic E-state index is 6.22. The molecule has 1 aromatic carbocycles. The second-order valence-electron chi connectivity index (χ2n) is 3.84. The van der Waals surface area contributed by atoms with E-state index in [0.717, 1.165) is 32.9 Å². The first-order chi connectivity index (χ1) is 8.25. The van der Waals surface area contributed by atoms with Crippen LogP contribution in [0.4, 0.5) is 0 Å². The van der Waals surface area contributed by atoms with Gasteiger partial charge in [0.1, 0.15) is 0 Å². The number of fused-ring (bicyclic) bond motifs is 1. The summed E-state index contributed by atoms with van der Waals surface area (Å²) in [5.41, 5.74) is 3.12. The van der Waals surface area contributed by atoms with Gasteiger partial charge < -0.3 is 0 Å². The summed E-state index contributed by atoms with van der Waals surface area (Å²) in [5, 5.41) is 0.742. The Morgan fingerprint density at radius 3 is 2.94 bits per heavy atom. The highest BCUT2D eigenvalue weighted by Gasteiger charge is 2.17. The summed E-state index contributed by atoms with van der Waals surface area (Å²) in [6.45, 7) is 0. The van der Waals surface area contributed by atoms with Gasteiger partial charge in [0.2, 0.25) is 0 Å². The molecule has 0 saturated heterocycles. The predicted molar refractivity (Wildman–Crippen MR) is 76.8 cm³/mol. The number of aryl methyl sites for hydroxylation is 1. The summed E-state index contributed by atoms with van der Waals surface area (Å²) in [7, 11) is 0. The van der Waals surface area contributed by atoms with Gasteiger partial charge in [0, 0.05) is 32.1 Å². The molecule has 1 aliphatic heterocycles. The van der Waals surface area contributed by atoms with Crippen LogP contribution >= 0.6 is 39.3 Å². The molecule has 0 unspecified atom stereocenters. The van der Waals surface area contributed by atoms with Crippen molar-refractivity contribution in [3.05, 3.63) is 45.5 Å². The Hall–Kier alpha value is -0.510. The number of aromatic nitrogens is 1. The van der Waals surface area contributed by atoms with E-state index < -0.39 is 0 Å². The van der Waals surface area contributed by atoms with Gasteiger partial charge in [-0.3, -0.25) is 4.98 Å². The van der Waals surface area contributed by atoms with Crippen LogP contribution in [-0.4, -0.2) is 10.7 Å². The Labute approximate surface area is 118 Å². The molecule has 3 rings (SSSR count). The summed E-state index contributed by atoms with van der Waals surface area (Å²) in [5.74, 6) is 1.13. The summed E-state index contributed by atoms with van der Waals surface area (Å²) in [4.78, 5) is 6.02. The normalized spacial score (nSPS) is 13.8. The van der Waals surface area contributed by atoms with Crippen molar-refractivity contribution < 1.29 is 0 Å². The lowest BCUT2D eigenvalue weighted by atomic mass is 10.1. The lowest BCUT2D eigenvalue weighted by molar-refractivity contribution is 1.02. The van der Waals surface area contributed by atoms with Crippen LogP contribution in [0.15, 0.2) is 39.7 Å². The molecule has 86 valence electrons. The fourth-order valence-electron chi connectivity index (χ4n) is 1.91. The molecule has 0 amide bonds. The van der Waals surface area contributed by atoms with Crippen molar-refractivity contribution in [1.29, 1.82) is 0 Å². The largest absolute Gasteiger partial charge is 0.250 e. The Morgan fingerprint density at radius 1 is 1.29 bits per heavy atom. The maximum atomic E-state index is 6.22. The second kappa shape index (κ2) is 4.63. The summed E-state index contributed by atoms with van der Waals surface area (Å²) in [6, 6.07) is 9.97. The molecule has 0 radical (unpaired) electrons. The molecule has 2 heterocycles. The van der Waals surface area contributed by atoms with Crippen molar-refractivity contribution in [3.63, 3.8) is 0 Å². The summed E-state index contributed by atoms with van der Waals surface area (Å²) >= 11 is 11.7. The van der Waals surface area contributed by atoms with E-state index in [4.69, 9.17) is 16.6 Å². The van der Waals surface area contributed by atoms with Crippen LogP contribution in [0, 0.1) is 0 Å². The molecule has 0 fully saturated rings. The van der Waals surface area contributed by atoms with Crippen molar-refractivity contribution >= 4 is 39.3 Å². The molecule has 0 atom stereocenters. The first-order valence-corrected chi connectivity index (χ1v) is 7.48. The van der Waals surface area contributed by atoms with Crippen molar-refractivity contribution in [1.82, 2.24) is 4.98 Å². The molecular formula is C13H9BrClNS. The molecule has 2 aromatic rings. The third-order valence-corrected chi connectivity index (χ3v) is 4.75. The molecular weight excluding hydrogens is 318 g/mol. The zero-order chi connectivity index (χ0) is 11.8. The Bertz CT molecular complexity index is 586. The highest BCUT2D eigenvalue weighted by atomic mass is 79.9. The lowest BCUT2D eigenvalue weighted by Crippen LogP contribution is -1.93. The van der Waals surface area contributed by atoms with E-state index in [1.165, 1.54) is 10.6 Å². The van der Waals surface area contributed by atoms with Crippen molar-refractivity contribution in [2.24, 2.45) is 0 Å². The zero-order valence-corrected chi connectivity index (χ0v) is 12.1. The number of hydrogen-bond donors (Lipinski definition) is 0. The van der Waals surface area contributed by atoms with Crippen LogP contribution in [-0.2, 0) is 6.42 Å². The molecule has 4 heteroatoms. The van der Waals surface area contributed by atoms with E-state index in [1.54, 1.807) is 0 Å². The third-order valence-electron chi connectivity index (χ3n) is 2.74. The van der Waals surface area contributed by atoms with Gasteiger partial charge in [0.25, 0.3) is 0 Å². The number of halogens is 2. The average Bonchev–Trinajstić information content (AvgIpc) is 2.76. The van der Waals surface area contributed by atoms with E-state index in [1.807, 2.05) is 36.0 Å². The fraction of sp³-hybridized carbons (Fsp3) is 0.154. The van der Waals surface area contributed by atoms with E-state index in [0.29, 0.717) is 0 Å². The third kappa shape index (κ3) is 2.12. The minimum atomic E-state index is 0.742. The Kier molecular flexibility index (Phi) is 3.16. The van der Waals surface area contributed by atoms with Gasteiger partial charge in [0.15, 0.2) is 0 Å². The van der Waals surface area contributed by atoms with Gasteiger partial charge in [-0.1, -0.05) is 29.8 Å². The minimum absolute atomic E-state index is 0.742. The molecule has 1 aliphatic rings. The van der Waals surface area contributed by atoms with Crippen LogP contribution in [0.25, 0.3) is 11.3 Å². The van der Waals surface area contributed by atoms with Crippen LogP contribution in [0.2, 0.25) is 5.02 Å². The average molecular weight is 327 g/mol. The highest BCUT2D eigenvalue weighted by Crippen LogP contribution is 2.38. The van der Waals surface area contributed by atoms with Crippen LogP contribution in [0.1, 0.15) is 5.69 Å². The summed E-state index contributed by atoms with van der Waals surface area (Å²) in [6.07, 6.45) is 1.05. The lowest BCUT2D eigenvalue weighted by Gasteiger charge is -2.08. The van der Waals surface area contributed by atoms with Crippen molar-refractivity contribution in [3.8, 4) is 11.3 Å². The molecule has 0 bridgehead atoms. The van der Waals surface area contributed by atoms with Gasteiger partial charge in [-0.25, -0.2) is 0 Å². The first-order valence-electron chi connectivity index (χ1n) is 5.33. The zero-order valence-electron chi connectivity index (χ0n) is 8.91. The number of thioether (sulfide) groups is 1. The van der Waals surface area contributed by atoms with E-state index in [-0.39, 0.29) is 0 Å². The topological polar surface area (TPSA) is 12.9 Å². The fourth-order valence-corrected chi connectivity index (χ4v) is 3.85. The quantitative estimate of drug-likeness (QED) is 0.745. The number of benzene rings is 1. The maximum Gasteiger partial charge on any atom is 0.0863 e. The molecule has 0 saturated carbocycles. The summed E-state index contributed by atoms with van der Waals surface area (Å²) < 4.78 is 1.01. The van der Waals surface area contributed by atoms with Gasteiger partial charge >= 0.3 is 0 Å². The number of nitrogens with zero attached hydrogens (tertiary/aromatic N) is 1. The number of rotatable bonds is 1. The first kappa shape index (κ1) is 11.6. The van der Waals surface area contributed by atoms with Crippen LogP contribution < -0.4 is 0 Å². The number of hydrogen-bond acceptors (Lipinski definition) is 2. The Morgan fingerprint density at radius 2 is 2.12 bits per heavy atom. The van der Waals surface area contributed by atoms with Gasteiger partial charge in [-0.15, -0.1) is 11.8 Å². The number of pyridine rings is 1. The van der Waals surface area contributed by atoms with Crippen molar-refractivity contribution in [2.75, 3.05) is 5.75 Å². The van der Waals surface area contributed by atoms with Crippen LogP contribution in [0.3, 0.4) is 0 Å². The van der Waals surface area contributed by atoms with Crippen molar-refractivity contribution in [2.45, 2.75) is 11.3 Å². The van der Waals surface area contributed by atoms with E-state index >= 15 is 0 Å². The molecule has 0 aliphatic carbocycles. The van der Waals surface area contributed by atoms with Gasteiger partial charge in [0.05, 0.1) is 11.4 Å². The molecule has 1 aromatic heterocycles. The predicted octanol–water partition coefficient (Wildman–Crippen LogP) is 4.81. The molecule has 0 spiro atoms. The van der Waals surface area contributed by atoms with E-state index in [9.17, 15) is 0 Å². The second-order valence-corrected chi connectivity index (χ2v) is 6.24. The van der Waals surface area contributed by atoms with Gasteiger partial charge in [-0.2, -0.15) is 0 Å².